The molecule has 0 aromatic heterocycles. The Kier molecular flexibility index (Phi) is 6.37. The maximum Gasteiger partial charge on any atom is 0.188 e. The Morgan fingerprint density at radius 1 is 0.903 bits per heavy atom. The van der Waals surface area contributed by atoms with Gasteiger partial charge >= 0.3 is 0 Å². The first kappa shape index (κ1) is 21.1. The van der Waals surface area contributed by atoms with E-state index in [1.54, 1.807) is 12.1 Å². The molecule has 162 valence electrons. The molecule has 0 amide bonds. The molecule has 0 bridgehead atoms. The predicted octanol–water partition coefficient (Wildman–Crippen LogP) is 5.39. The second kappa shape index (κ2) is 9.35. The van der Waals surface area contributed by atoms with Crippen LogP contribution in [0.15, 0.2) is 60.7 Å². The molecule has 31 heavy (non-hydrogen) atoms. The summed E-state index contributed by atoms with van der Waals surface area (Å²) in [6, 6.07) is 16.9. The fourth-order valence-corrected chi connectivity index (χ4v) is 3.73. The lowest BCUT2D eigenvalue weighted by Crippen LogP contribution is -2.35. The highest BCUT2D eigenvalue weighted by Crippen LogP contribution is 2.33. The Balaban J connectivity index is 1.43. The lowest BCUT2D eigenvalue weighted by atomic mass is 9.99. The maximum atomic E-state index is 14.4. The Morgan fingerprint density at radius 3 is 2.32 bits per heavy atom. The highest BCUT2D eigenvalue weighted by Gasteiger charge is 2.18. The number of phenols is 1. The van der Waals surface area contributed by atoms with E-state index in [0.717, 1.165) is 43.3 Å². The van der Waals surface area contributed by atoms with Crippen molar-refractivity contribution in [2.75, 3.05) is 20.1 Å². The third-order valence-corrected chi connectivity index (χ3v) is 5.56. The first-order valence-electron chi connectivity index (χ1n) is 10.3. The van der Waals surface area contributed by atoms with Gasteiger partial charge in [-0.2, -0.15) is 0 Å². The van der Waals surface area contributed by atoms with Crippen molar-refractivity contribution in [3.8, 4) is 28.4 Å². The molecule has 0 unspecified atom stereocenters. The molecule has 4 nitrogen and oxygen atoms in total. The van der Waals surface area contributed by atoms with Crippen LogP contribution in [0.3, 0.4) is 0 Å². The van der Waals surface area contributed by atoms with E-state index in [1.165, 1.54) is 6.07 Å². The summed E-state index contributed by atoms with van der Waals surface area (Å²) in [6.07, 6.45) is 2.26. The first-order valence-corrected chi connectivity index (χ1v) is 10.3. The van der Waals surface area contributed by atoms with Crippen molar-refractivity contribution in [3.05, 3.63) is 77.9 Å². The summed E-state index contributed by atoms with van der Waals surface area (Å²) in [4.78, 5) is 2.30. The molecule has 1 N–H and O–H groups in total. The molecule has 1 heterocycles. The fraction of sp³-hybridized carbons (Fsp3) is 0.280. The molecule has 3 aromatic carbocycles. The van der Waals surface area contributed by atoms with Crippen molar-refractivity contribution >= 4 is 0 Å². The lowest BCUT2D eigenvalue weighted by molar-refractivity contribution is 0.114. The van der Waals surface area contributed by atoms with Gasteiger partial charge in [0, 0.05) is 18.7 Å². The molecule has 0 spiro atoms. The normalized spacial score (nSPS) is 15.1. The summed E-state index contributed by atoms with van der Waals surface area (Å²) in [5, 5.41) is 9.61. The van der Waals surface area contributed by atoms with Gasteiger partial charge in [0.1, 0.15) is 24.2 Å². The summed E-state index contributed by atoms with van der Waals surface area (Å²) >= 11 is 0. The van der Waals surface area contributed by atoms with Crippen LogP contribution in [-0.4, -0.2) is 36.2 Å². The van der Waals surface area contributed by atoms with Gasteiger partial charge in [-0.15, -0.1) is 0 Å². The highest BCUT2D eigenvalue weighted by molar-refractivity contribution is 5.69. The van der Waals surface area contributed by atoms with Gasteiger partial charge in [0.2, 0.25) is 0 Å². The van der Waals surface area contributed by atoms with Crippen LogP contribution in [0.2, 0.25) is 0 Å². The minimum atomic E-state index is -0.988. The third kappa shape index (κ3) is 4.97. The van der Waals surface area contributed by atoms with E-state index >= 15 is 0 Å². The van der Waals surface area contributed by atoms with Gasteiger partial charge < -0.3 is 19.5 Å². The smallest absolute Gasteiger partial charge is 0.188 e. The van der Waals surface area contributed by atoms with E-state index in [1.807, 2.05) is 36.4 Å². The van der Waals surface area contributed by atoms with Crippen molar-refractivity contribution in [2.24, 2.45) is 0 Å². The van der Waals surface area contributed by atoms with E-state index in [4.69, 9.17) is 9.47 Å². The van der Waals surface area contributed by atoms with Crippen LogP contribution < -0.4 is 9.47 Å². The average Bonchev–Trinajstić information content (AvgIpc) is 2.79. The number of aromatic hydroxyl groups is 1. The molecule has 0 radical (unpaired) electrons. The summed E-state index contributed by atoms with van der Waals surface area (Å²) < 4.78 is 39.8. The van der Waals surface area contributed by atoms with Crippen LogP contribution in [0.25, 0.3) is 11.1 Å². The number of nitrogens with zero attached hydrogens (tertiary/aromatic N) is 1. The zero-order valence-electron chi connectivity index (χ0n) is 17.4. The summed E-state index contributed by atoms with van der Waals surface area (Å²) in [5.41, 5.74) is 1.39. The van der Waals surface area contributed by atoms with Gasteiger partial charge in [-0.3, -0.25) is 0 Å². The second-order valence-corrected chi connectivity index (χ2v) is 7.80. The number of likely N-dealkylation sites (tertiary alicyclic amines) is 1. The summed E-state index contributed by atoms with van der Waals surface area (Å²) in [7, 11) is 2.12. The number of phenolic OH excluding ortho intramolecular Hbond substituents is 1. The van der Waals surface area contributed by atoms with E-state index in [2.05, 4.69) is 11.9 Å². The molecule has 1 fully saturated rings. The number of piperidine rings is 1. The molecule has 6 heteroatoms. The molecule has 1 aliphatic rings. The van der Waals surface area contributed by atoms with E-state index in [0.29, 0.717) is 11.3 Å². The van der Waals surface area contributed by atoms with Crippen molar-refractivity contribution in [1.29, 1.82) is 0 Å². The quantitative estimate of drug-likeness (QED) is 0.575. The van der Waals surface area contributed by atoms with Gasteiger partial charge in [-0.1, -0.05) is 24.3 Å². The van der Waals surface area contributed by atoms with Gasteiger partial charge in [0.25, 0.3) is 0 Å². The predicted molar refractivity (Wildman–Crippen MR) is 115 cm³/mol. The molecule has 3 aromatic rings. The number of hydrogen-bond acceptors (Lipinski definition) is 4. The minimum absolute atomic E-state index is 0.125. The molecule has 1 saturated heterocycles. The van der Waals surface area contributed by atoms with Gasteiger partial charge in [-0.05, 0) is 67.4 Å². The van der Waals surface area contributed by atoms with Gasteiger partial charge in [0.15, 0.2) is 17.4 Å². The molecule has 1 aliphatic heterocycles. The fourth-order valence-electron chi connectivity index (χ4n) is 3.73. The SMILES string of the molecule is CN1CCC(Oc2ccc(OCc3ccccc3-c3ccc(F)c(O)c3F)cc2)CC1. The summed E-state index contributed by atoms with van der Waals surface area (Å²) in [6.45, 7) is 2.28. The van der Waals surface area contributed by atoms with Crippen LogP contribution in [0.4, 0.5) is 8.78 Å². The third-order valence-electron chi connectivity index (χ3n) is 5.56. The van der Waals surface area contributed by atoms with Crippen LogP contribution in [0.1, 0.15) is 18.4 Å². The molecule has 0 atom stereocenters. The number of halogens is 2. The Bertz CT molecular complexity index is 1030. The number of ether oxygens (including phenoxy) is 2. The largest absolute Gasteiger partial charge is 0.503 e. The zero-order chi connectivity index (χ0) is 21.8. The van der Waals surface area contributed by atoms with Crippen LogP contribution >= 0.6 is 0 Å². The second-order valence-electron chi connectivity index (χ2n) is 7.80. The van der Waals surface area contributed by atoms with Crippen molar-refractivity contribution < 1.29 is 23.4 Å². The molecule has 0 aliphatic carbocycles. The highest BCUT2D eigenvalue weighted by atomic mass is 19.1. The van der Waals surface area contributed by atoms with Gasteiger partial charge in [0.05, 0.1) is 0 Å². The van der Waals surface area contributed by atoms with Gasteiger partial charge in [-0.25, -0.2) is 8.78 Å². The topological polar surface area (TPSA) is 41.9 Å². The number of hydrogen-bond donors (Lipinski definition) is 1. The zero-order valence-corrected chi connectivity index (χ0v) is 17.4. The lowest BCUT2D eigenvalue weighted by Gasteiger charge is -2.29. The van der Waals surface area contributed by atoms with Crippen LogP contribution in [0.5, 0.6) is 17.2 Å². The Hall–Kier alpha value is -3.12. The summed E-state index contributed by atoms with van der Waals surface area (Å²) in [5.74, 6) is -1.48. The monoisotopic (exact) mass is 425 g/mol. The molecule has 0 saturated carbocycles. The van der Waals surface area contributed by atoms with Crippen molar-refractivity contribution in [2.45, 2.75) is 25.6 Å². The van der Waals surface area contributed by atoms with E-state index < -0.39 is 17.4 Å². The van der Waals surface area contributed by atoms with Crippen molar-refractivity contribution in [1.82, 2.24) is 4.90 Å². The standard InChI is InChI=1S/C25H25F2NO3/c1-28-14-12-20(13-15-28)31-19-8-6-18(7-9-19)30-16-17-4-2-3-5-21(17)22-10-11-23(26)25(29)24(22)27/h2-11,20,29H,12-16H2,1H3. The van der Waals surface area contributed by atoms with Crippen LogP contribution in [0, 0.1) is 11.6 Å². The minimum Gasteiger partial charge on any atom is -0.503 e. The Labute approximate surface area is 180 Å². The average molecular weight is 425 g/mol. The van der Waals surface area contributed by atoms with E-state index in [-0.39, 0.29) is 18.3 Å². The van der Waals surface area contributed by atoms with Crippen LogP contribution in [-0.2, 0) is 6.61 Å². The first-order chi connectivity index (χ1) is 15.0. The van der Waals surface area contributed by atoms with Crippen molar-refractivity contribution in [3.63, 3.8) is 0 Å². The Morgan fingerprint density at radius 2 is 1.58 bits per heavy atom. The number of benzene rings is 3. The molecule has 4 rings (SSSR count). The maximum absolute atomic E-state index is 14.4. The molecular weight excluding hydrogens is 400 g/mol. The molecular formula is C25H25F2NO3. The van der Waals surface area contributed by atoms with E-state index in [9.17, 15) is 13.9 Å². The number of rotatable bonds is 6.